The molecule has 1 heterocycles. The Morgan fingerprint density at radius 3 is 2.24 bits per heavy atom. The van der Waals surface area contributed by atoms with Gasteiger partial charge in [-0.1, -0.05) is 12.1 Å². The van der Waals surface area contributed by atoms with Crippen LogP contribution in [0.15, 0.2) is 23.6 Å². The zero-order chi connectivity index (χ0) is 12.6. The van der Waals surface area contributed by atoms with Crippen LogP contribution in [0.5, 0.6) is 0 Å². The molecule has 0 saturated carbocycles. The predicted molar refractivity (Wildman–Crippen MR) is 78.9 cm³/mol. The zero-order valence-electron chi connectivity index (χ0n) is 9.63. The van der Waals surface area contributed by atoms with Crippen LogP contribution < -0.4 is 5.73 Å². The number of thiophene rings is 1. The van der Waals surface area contributed by atoms with Gasteiger partial charge < -0.3 is 5.73 Å². The Morgan fingerprint density at radius 2 is 1.76 bits per heavy atom. The van der Waals surface area contributed by atoms with Crippen LogP contribution in [0, 0.1) is 22.5 Å². The van der Waals surface area contributed by atoms with Gasteiger partial charge in [-0.05, 0) is 70.1 Å². The van der Waals surface area contributed by atoms with Crippen LogP contribution in [0.2, 0.25) is 0 Å². The summed E-state index contributed by atoms with van der Waals surface area (Å²) in [6, 6.07) is 5.56. The van der Waals surface area contributed by atoms with Crippen LogP contribution >= 0.6 is 33.9 Å². The van der Waals surface area contributed by atoms with Crippen molar-refractivity contribution in [3.8, 4) is 0 Å². The summed E-state index contributed by atoms with van der Waals surface area (Å²) < 4.78 is 14.8. The average Bonchev–Trinajstić information content (AvgIpc) is 2.71. The van der Waals surface area contributed by atoms with Gasteiger partial charge in [-0.15, -0.1) is 11.3 Å². The van der Waals surface area contributed by atoms with Gasteiger partial charge >= 0.3 is 0 Å². The standard InChI is InChI=1S/C13H13FINS/c1-7-3-9(4-8(2)12(7)14)13(16)10-5-11(15)17-6-10/h3-6,13H,16H2,1-2H3. The van der Waals surface area contributed by atoms with E-state index >= 15 is 0 Å². The molecule has 0 radical (unpaired) electrons. The van der Waals surface area contributed by atoms with Gasteiger partial charge in [-0.25, -0.2) is 4.39 Å². The predicted octanol–water partition coefficient (Wildman–Crippen LogP) is 4.16. The van der Waals surface area contributed by atoms with E-state index in [1.807, 2.05) is 12.1 Å². The molecule has 0 fully saturated rings. The highest BCUT2D eigenvalue weighted by atomic mass is 127. The molecular weight excluding hydrogens is 348 g/mol. The van der Waals surface area contributed by atoms with Crippen molar-refractivity contribution in [2.75, 3.05) is 0 Å². The lowest BCUT2D eigenvalue weighted by Crippen LogP contribution is -2.12. The van der Waals surface area contributed by atoms with Crippen molar-refractivity contribution in [3.05, 3.63) is 54.5 Å². The molecule has 1 unspecified atom stereocenters. The highest BCUT2D eigenvalue weighted by Crippen LogP contribution is 2.27. The van der Waals surface area contributed by atoms with E-state index in [1.165, 1.54) is 2.88 Å². The highest BCUT2D eigenvalue weighted by molar-refractivity contribution is 14.1. The molecule has 2 rings (SSSR count). The van der Waals surface area contributed by atoms with Crippen molar-refractivity contribution in [1.29, 1.82) is 0 Å². The fourth-order valence-corrected chi connectivity index (χ4v) is 3.25. The minimum Gasteiger partial charge on any atom is -0.320 e. The van der Waals surface area contributed by atoms with Crippen molar-refractivity contribution in [2.24, 2.45) is 5.73 Å². The van der Waals surface area contributed by atoms with Crippen LogP contribution in [0.4, 0.5) is 4.39 Å². The molecule has 1 aromatic heterocycles. The molecule has 2 aromatic rings. The van der Waals surface area contributed by atoms with Gasteiger partial charge in [0, 0.05) is 0 Å². The molecule has 0 aliphatic rings. The van der Waals surface area contributed by atoms with E-state index in [2.05, 4.69) is 34.0 Å². The molecular formula is C13H13FINS. The summed E-state index contributed by atoms with van der Waals surface area (Å²) in [5.74, 6) is -0.138. The van der Waals surface area contributed by atoms with E-state index < -0.39 is 0 Å². The van der Waals surface area contributed by atoms with E-state index in [0.29, 0.717) is 11.1 Å². The minimum atomic E-state index is -0.173. The number of nitrogens with two attached hydrogens (primary N) is 1. The van der Waals surface area contributed by atoms with Crippen LogP contribution in [0.25, 0.3) is 0 Å². The fourth-order valence-electron chi connectivity index (χ4n) is 1.84. The lowest BCUT2D eigenvalue weighted by molar-refractivity contribution is 0.607. The number of halogens is 2. The summed E-state index contributed by atoms with van der Waals surface area (Å²) in [5.41, 5.74) is 9.56. The third-order valence-electron chi connectivity index (χ3n) is 2.76. The first kappa shape index (κ1) is 13.0. The molecule has 1 aromatic carbocycles. The summed E-state index contributed by atoms with van der Waals surface area (Å²) in [6.07, 6.45) is 0. The maximum atomic E-state index is 13.5. The first-order valence-corrected chi connectivity index (χ1v) is 7.21. The SMILES string of the molecule is Cc1cc(C(N)c2csc(I)c2)cc(C)c1F. The summed E-state index contributed by atoms with van der Waals surface area (Å²) in [5, 5.41) is 2.06. The number of benzene rings is 1. The quantitative estimate of drug-likeness (QED) is 0.799. The highest BCUT2D eigenvalue weighted by Gasteiger charge is 2.13. The first-order chi connectivity index (χ1) is 7.99. The summed E-state index contributed by atoms with van der Waals surface area (Å²) >= 11 is 3.95. The third-order valence-corrected chi connectivity index (χ3v) is 4.57. The molecule has 0 bridgehead atoms. The first-order valence-electron chi connectivity index (χ1n) is 5.25. The van der Waals surface area contributed by atoms with E-state index in [-0.39, 0.29) is 11.9 Å². The molecule has 0 spiro atoms. The Morgan fingerprint density at radius 1 is 1.18 bits per heavy atom. The Bertz CT molecular complexity index is 527. The van der Waals surface area contributed by atoms with Crippen LogP contribution in [0.1, 0.15) is 28.3 Å². The van der Waals surface area contributed by atoms with Gasteiger partial charge in [0.15, 0.2) is 0 Å². The van der Waals surface area contributed by atoms with Crippen molar-refractivity contribution in [3.63, 3.8) is 0 Å². The van der Waals surface area contributed by atoms with E-state index in [4.69, 9.17) is 5.73 Å². The molecule has 17 heavy (non-hydrogen) atoms. The molecule has 0 amide bonds. The Balaban J connectivity index is 2.41. The Hall–Kier alpha value is -0.460. The van der Waals surface area contributed by atoms with E-state index in [1.54, 1.807) is 25.2 Å². The topological polar surface area (TPSA) is 26.0 Å². The second-order valence-electron chi connectivity index (χ2n) is 4.13. The second-order valence-corrected chi connectivity index (χ2v) is 6.94. The van der Waals surface area contributed by atoms with Crippen molar-refractivity contribution >= 4 is 33.9 Å². The molecule has 1 atom stereocenters. The molecule has 4 heteroatoms. The van der Waals surface area contributed by atoms with Crippen molar-refractivity contribution in [2.45, 2.75) is 19.9 Å². The molecule has 2 N–H and O–H groups in total. The van der Waals surface area contributed by atoms with Crippen LogP contribution in [0.3, 0.4) is 0 Å². The maximum absolute atomic E-state index is 13.5. The second kappa shape index (κ2) is 5.04. The van der Waals surface area contributed by atoms with Crippen molar-refractivity contribution in [1.82, 2.24) is 0 Å². The average molecular weight is 361 g/mol. The van der Waals surface area contributed by atoms with E-state index in [9.17, 15) is 4.39 Å². The molecule has 90 valence electrons. The zero-order valence-corrected chi connectivity index (χ0v) is 12.6. The summed E-state index contributed by atoms with van der Waals surface area (Å²) in [4.78, 5) is 0. The number of hydrogen-bond donors (Lipinski definition) is 1. The largest absolute Gasteiger partial charge is 0.320 e. The summed E-state index contributed by atoms with van der Waals surface area (Å²) in [7, 11) is 0. The fraction of sp³-hybridized carbons (Fsp3) is 0.231. The minimum absolute atomic E-state index is 0.138. The molecule has 0 saturated heterocycles. The lowest BCUT2D eigenvalue weighted by atomic mass is 9.98. The monoisotopic (exact) mass is 361 g/mol. The van der Waals surface area contributed by atoms with Gasteiger partial charge in [0.25, 0.3) is 0 Å². The Kier molecular flexibility index (Phi) is 3.85. The lowest BCUT2D eigenvalue weighted by Gasteiger charge is -2.13. The normalized spacial score (nSPS) is 12.8. The number of rotatable bonds is 2. The Labute approximate surface area is 118 Å². The molecule has 0 aliphatic heterocycles. The summed E-state index contributed by atoms with van der Waals surface area (Å²) in [6.45, 7) is 3.55. The van der Waals surface area contributed by atoms with Gasteiger partial charge in [-0.3, -0.25) is 0 Å². The smallest absolute Gasteiger partial charge is 0.129 e. The molecule has 1 nitrogen and oxygen atoms in total. The van der Waals surface area contributed by atoms with Gasteiger partial charge in [0.2, 0.25) is 0 Å². The molecule has 0 aliphatic carbocycles. The van der Waals surface area contributed by atoms with Crippen LogP contribution in [-0.2, 0) is 0 Å². The van der Waals surface area contributed by atoms with Crippen molar-refractivity contribution < 1.29 is 4.39 Å². The van der Waals surface area contributed by atoms with Crippen LogP contribution in [-0.4, -0.2) is 0 Å². The van der Waals surface area contributed by atoms with Gasteiger partial charge in [0.1, 0.15) is 5.82 Å². The number of aryl methyl sites for hydroxylation is 2. The number of hydrogen-bond acceptors (Lipinski definition) is 2. The van der Waals surface area contributed by atoms with Gasteiger partial charge in [0.05, 0.1) is 8.93 Å². The third kappa shape index (κ3) is 2.69. The van der Waals surface area contributed by atoms with E-state index in [0.717, 1.165) is 11.1 Å². The maximum Gasteiger partial charge on any atom is 0.129 e. The van der Waals surface area contributed by atoms with Gasteiger partial charge in [-0.2, -0.15) is 0 Å².